The van der Waals surface area contributed by atoms with Crippen molar-refractivity contribution < 1.29 is 17.5 Å². The molecule has 0 amide bonds. The van der Waals surface area contributed by atoms with Gasteiger partial charge in [0.1, 0.15) is 0 Å². The summed E-state index contributed by atoms with van der Waals surface area (Å²) in [6, 6.07) is 0.875. The van der Waals surface area contributed by atoms with E-state index in [4.69, 9.17) is 17.5 Å². The third-order valence-corrected chi connectivity index (χ3v) is 6.74. The van der Waals surface area contributed by atoms with Gasteiger partial charge in [0, 0.05) is 27.4 Å². The molecule has 0 aliphatic heterocycles. The van der Waals surface area contributed by atoms with Crippen LogP contribution in [0.3, 0.4) is 0 Å². The summed E-state index contributed by atoms with van der Waals surface area (Å²) >= 11 is 3.92. The van der Waals surface area contributed by atoms with Gasteiger partial charge in [-0.15, -0.1) is 0 Å². The maximum atomic E-state index is 5.43. The van der Waals surface area contributed by atoms with Crippen molar-refractivity contribution in [3.8, 4) is 0 Å². The second-order valence-corrected chi connectivity index (χ2v) is 7.90. The first-order valence-corrected chi connectivity index (χ1v) is 8.45. The van der Waals surface area contributed by atoms with Crippen LogP contribution in [0.15, 0.2) is 0 Å². The molecule has 1 fully saturated rings. The molecular formula is C11H24O4SSi. The molecule has 17 heavy (non-hydrogen) atoms. The summed E-state index contributed by atoms with van der Waals surface area (Å²) in [6.07, 6.45) is 6.08. The van der Waals surface area contributed by atoms with Crippen LogP contribution in [0, 0.1) is 5.92 Å². The first-order chi connectivity index (χ1) is 8.19. The number of rotatable bonds is 7. The van der Waals surface area contributed by atoms with E-state index >= 15 is 0 Å². The fourth-order valence-corrected chi connectivity index (χ4v) is 4.60. The highest BCUT2D eigenvalue weighted by Crippen LogP contribution is 2.32. The Morgan fingerprint density at radius 3 is 2.29 bits per heavy atom. The molecule has 0 heterocycles. The lowest BCUT2D eigenvalue weighted by Crippen LogP contribution is -2.43. The van der Waals surface area contributed by atoms with Crippen LogP contribution in [-0.2, 0) is 17.5 Å². The molecule has 0 radical (unpaired) electrons. The van der Waals surface area contributed by atoms with Crippen LogP contribution >= 0.6 is 12.9 Å². The Labute approximate surface area is 111 Å². The van der Waals surface area contributed by atoms with Gasteiger partial charge in [0.05, 0.1) is 6.10 Å². The lowest BCUT2D eigenvalue weighted by molar-refractivity contribution is 0.113. The van der Waals surface area contributed by atoms with Gasteiger partial charge in [-0.1, -0.05) is 12.8 Å². The predicted molar refractivity (Wildman–Crippen MR) is 72.0 cm³/mol. The van der Waals surface area contributed by atoms with Crippen molar-refractivity contribution in [1.82, 2.24) is 0 Å². The predicted octanol–water partition coefficient (Wildman–Crippen LogP) is 2.67. The van der Waals surface area contributed by atoms with E-state index in [1.165, 1.54) is 12.8 Å². The summed E-state index contributed by atoms with van der Waals surface area (Å²) < 4.78 is 21.4. The van der Waals surface area contributed by atoms with E-state index in [-0.39, 0.29) is 0 Å². The molecule has 6 heteroatoms. The minimum atomic E-state index is -2.39. The zero-order valence-electron chi connectivity index (χ0n) is 11.0. The Morgan fingerprint density at radius 2 is 1.76 bits per heavy atom. The van der Waals surface area contributed by atoms with Crippen LogP contribution < -0.4 is 0 Å². The minimum absolute atomic E-state index is 0.306. The molecule has 1 saturated carbocycles. The number of hydrogen-bond donors (Lipinski definition) is 1. The second kappa shape index (κ2) is 7.76. The summed E-state index contributed by atoms with van der Waals surface area (Å²) in [4.78, 5) is 0. The van der Waals surface area contributed by atoms with E-state index in [1.54, 1.807) is 21.3 Å². The molecular weight excluding hydrogens is 256 g/mol. The molecule has 0 aromatic heterocycles. The average Bonchev–Trinajstić information content (AvgIpc) is 2.41. The topological polar surface area (TPSA) is 36.9 Å². The van der Waals surface area contributed by atoms with Gasteiger partial charge in [-0.2, -0.15) is 0 Å². The smallest absolute Gasteiger partial charge is 0.377 e. The lowest BCUT2D eigenvalue weighted by atomic mass is 9.86. The van der Waals surface area contributed by atoms with Crippen LogP contribution in [0.1, 0.15) is 32.1 Å². The Balaban J connectivity index is 2.38. The molecule has 1 aliphatic rings. The highest BCUT2D eigenvalue weighted by molar-refractivity contribution is 7.75. The zero-order valence-corrected chi connectivity index (χ0v) is 12.9. The summed E-state index contributed by atoms with van der Waals surface area (Å²) in [5.74, 6) is 0.674. The zero-order chi connectivity index (χ0) is 12.7. The fraction of sp³-hybridized carbons (Fsp3) is 1.00. The third-order valence-electron chi connectivity index (χ3n) is 3.68. The van der Waals surface area contributed by atoms with Crippen molar-refractivity contribution in [3.05, 3.63) is 0 Å². The summed E-state index contributed by atoms with van der Waals surface area (Å²) in [5, 5.41) is 0. The molecule has 2 atom stereocenters. The van der Waals surface area contributed by atoms with Crippen molar-refractivity contribution in [1.29, 1.82) is 0 Å². The Bertz CT molecular complexity index is 205. The molecule has 1 rings (SSSR count). The van der Waals surface area contributed by atoms with Crippen LogP contribution in [0.25, 0.3) is 0 Å². The standard InChI is InChI=1S/C11H24O4SSi/c1-12-17(13-2,14-3)8-7-10-5-4-6-11(9-10)15-16/h10-11,16H,4-9H2,1-3H3. The molecule has 0 spiro atoms. The van der Waals surface area contributed by atoms with Crippen molar-refractivity contribution in [2.24, 2.45) is 5.92 Å². The van der Waals surface area contributed by atoms with E-state index in [0.717, 1.165) is 25.3 Å². The van der Waals surface area contributed by atoms with Crippen molar-refractivity contribution >= 4 is 21.7 Å². The maximum absolute atomic E-state index is 5.43. The van der Waals surface area contributed by atoms with E-state index in [2.05, 4.69) is 12.9 Å². The molecule has 102 valence electrons. The molecule has 4 nitrogen and oxygen atoms in total. The lowest BCUT2D eigenvalue weighted by Gasteiger charge is -2.30. The minimum Gasteiger partial charge on any atom is -0.377 e. The Morgan fingerprint density at radius 1 is 1.12 bits per heavy atom. The van der Waals surface area contributed by atoms with Gasteiger partial charge >= 0.3 is 8.80 Å². The van der Waals surface area contributed by atoms with Gasteiger partial charge in [-0.05, 0) is 38.1 Å². The van der Waals surface area contributed by atoms with Gasteiger partial charge in [-0.25, -0.2) is 0 Å². The third kappa shape index (κ3) is 4.53. The van der Waals surface area contributed by atoms with Crippen LogP contribution in [0.4, 0.5) is 0 Å². The molecule has 0 N–H and O–H groups in total. The van der Waals surface area contributed by atoms with Gasteiger partial charge in [-0.3, -0.25) is 0 Å². The SMILES string of the molecule is CO[Si](CCC1CCCC(OS)C1)(OC)OC. The normalized spacial score (nSPS) is 26.1. The molecule has 0 saturated heterocycles. The van der Waals surface area contributed by atoms with Gasteiger partial charge in [0.25, 0.3) is 0 Å². The number of hydrogen-bond acceptors (Lipinski definition) is 5. The summed E-state index contributed by atoms with van der Waals surface area (Å²) in [7, 11) is 2.61. The largest absolute Gasteiger partial charge is 0.500 e. The van der Waals surface area contributed by atoms with E-state index in [1.807, 2.05) is 0 Å². The van der Waals surface area contributed by atoms with E-state index in [0.29, 0.717) is 12.0 Å². The molecule has 0 bridgehead atoms. The van der Waals surface area contributed by atoms with Gasteiger partial charge in [0.2, 0.25) is 0 Å². The molecule has 0 aromatic carbocycles. The van der Waals surface area contributed by atoms with Crippen molar-refractivity contribution in [2.45, 2.75) is 44.3 Å². The van der Waals surface area contributed by atoms with Crippen LogP contribution in [0.2, 0.25) is 6.04 Å². The first kappa shape index (κ1) is 15.5. The highest BCUT2D eigenvalue weighted by atomic mass is 32.1. The molecule has 1 aliphatic carbocycles. The summed E-state index contributed by atoms with van der Waals surface area (Å²) in [5.41, 5.74) is 0. The first-order valence-electron chi connectivity index (χ1n) is 6.15. The Hall–Kier alpha value is 0.407. The fourth-order valence-electron chi connectivity index (χ4n) is 2.54. The Kier molecular flexibility index (Phi) is 7.06. The monoisotopic (exact) mass is 280 g/mol. The average molecular weight is 280 g/mol. The van der Waals surface area contributed by atoms with Crippen LogP contribution in [-0.4, -0.2) is 36.2 Å². The van der Waals surface area contributed by atoms with Crippen molar-refractivity contribution in [3.63, 3.8) is 0 Å². The molecule has 2 unspecified atom stereocenters. The van der Waals surface area contributed by atoms with Gasteiger partial charge < -0.3 is 17.5 Å². The van der Waals surface area contributed by atoms with E-state index < -0.39 is 8.80 Å². The van der Waals surface area contributed by atoms with E-state index in [9.17, 15) is 0 Å². The highest BCUT2D eigenvalue weighted by Gasteiger charge is 2.38. The van der Waals surface area contributed by atoms with Gasteiger partial charge in [0.15, 0.2) is 0 Å². The summed E-state index contributed by atoms with van der Waals surface area (Å²) in [6.45, 7) is 0. The van der Waals surface area contributed by atoms with Crippen molar-refractivity contribution in [2.75, 3.05) is 21.3 Å². The maximum Gasteiger partial charge on any atom is 0.500 e. The second-order valence-electron chi connectivity index (χ2n) is 4.59. The van der Waals surface area contributed by atoms with Crippen LogP contribution in [0.5, 0.6) is 0 Å². The quantitative estimate of drug-likeness (QED) is 0.442. The molecule has 0 aromatic rings. The number of thiol groups is 1.